The number of aryl methyl sites for hydroxylation is 1. The molecule has 1 aliphatic rings. The van der Waals surface area contributed by atoms with Gasteiger partial charge in [-0.3, -0.25) is 9.59 Å². The Hall–Kier alpha value is -2.04. The Bertz CT molecular complexity index is 562. The van der Waals surface area contributed by atoms with Crippen molar-refractivity contribution in [3.8, 4) is 11.5 Å². The van der Waals surface area contributed by atoms with Crippen LogP contribution in [0.15, 0.2) is 6.07 Å². The molecule has 0 amide bonds. The van der Waals surface area contributed by atoms with E-state index < -0.39 is 5.92 Å². The lowest BCUT2D eigenvalue weighted by Gasteiger charge is -2.26. The maximum Gasteiger partial charge on any atom is 0.309 e. The van der Waals surface area contributed by atoms with Crippen molar-refractivity contribution in [3.63, 3.8) is 0 Å². The van der Waals surface area contributed by atoms with E-state index in [1.165, 1.54) is 14.2 Å². The maximum atomic E-state index is 12.3. The van der Waals surface area contributed by atoms with E-state index in [0.29, 0.717) is 23.5 Å². The molecule has 108 valence electrons. The average Bonchev–Trinajstić information content (AvgIpc) is 2.45. The van der Waals surface area contributed by atoms with Crippen molar-refractivity contribution in [1.29, 1.82) is 0 Å². The van der Waals surface area contributed by atoms with Gasteiger partial charge in [0, 0.05) is 12.0 Å². The molecule has 1 aromatic rings. The van der Waals surface area contributed by atoms with Crippen LogP contribution in [0.5, 0.6) is 11.5 Å². The zero-order valence-electron chi connectivity index (χ0n) is 12.1. The van der Waals surface area contributed by atoms with Gasteiger partial charge in [-0.05, 0) is 25.0 Å². The van der Waals surface area contributed by atoms with E-state index in [1.54, 1.807) is 13.2 Å². The lowest BCUT2D eigenvalue weighted by Crippen LogP contribution is -2.28. The Morgan fingerprint density at radius 3 is 2.45 bits per heavy atom. The summed E-state index contributed by atoms with van der Waals surface area (Å²) in [6.45, 7) is 1.88. The number of benzene rings is 1. The molecule has 0 fully saturated rings. The fourth-order valence-electron chi connectivity index (χ4n) is 2.76. The quantitative estimate of drug-likeness (QED) is 0.791. The summed E-state index contributed by atoms with van der Waals surface area (Å²) in [5, 5.41) is 0. The average molecular weight is 278 g/mol. The summed E-state index contributed by atoms with van der Waals surface area (Å²) in [7, 11) is 4.42. The van der Waals surface area contributed by atoms with E-state index in [1.807, 2.05) is 6.92 Å². The number of Topliss-reactive ketones (excluding diaryl/α,β-unsaturated/α-hetero) is 1. The van der Waals surface area contributed by atoms with Crippen LogP contribution in [0.2, 0.25) is 0 Å². The molecule has 1 aliphatic carbocycles. The van der Waals surface area contributed by atoms with Crippen LogP contribution in [-0.2, 0) is 16.0 Å². The van der Waals surface area contributed by atoms with Crippen LogP contribution in [0.4, 0.5) is 0 Å². The van der Waals surface area contributed by atoms with Crippen LogP contribution in [0.25, 0.3) is 0 Å². The van der Waals surface area contributed by atoms with Crippen molar-refractivity contribution in [2.75, 3.05) is 21.3 Å². The molecule has 0 saturated carbocycles. The van der Waals surface area contributed by atoms with Crippen molar-refractivity contribution in [1.82, 2.24) is 0 Å². The molecule has 0 heterocycles. The summed E-state index contributed by atoms with van der Waals surface area (Å²) in [5.74, 6) is 0.234. The third-order valence-electron chi connectivity index (χ3n) is 3.65. The van der Waals surface area contributed by atoms with Crippen molar-refractivity contribution in [2.24, 2.45) is 5.92 Å². The molecule has 1 aromatic carbocycles. The topological polar surface area (TPSA) is 61.8 Å². The molecular formula is C15H18O5. The molecule has 0 aromatic heterocycles. The van der Waals surface area contributed by atoms with E-state index in [4.69, 9.17) is 14.2 Å². The van der Waals surface area contributed by atoms with Crippen molar-refractivity contribution in [2.45, 2.75) is 19.8 Å². The van der Waals surface area contributed by atoms with Gasteiger partial charge in [-0.2, -0.15) is 0 Å². The first-order chi connectivity index (χ1) is 9.53. The Balaban J connectivity index is 2.58. The summed E-state index contributed by atoms with van der Waals surface area (Å²) < 4.78 is 15.4. The number of esters is 1. The minimum Gasteiger partial charge on any atom is -0.496 e. The molecule has 0 bridgehead atoms. The Kier molecular flexibility index (Phi) is 3.97. The SMILES string of the molecule is COC(=O)C1CC(=O)c2c(OC)cc(C)c(OC)c2C1. The second-order valence-electron chi connectivity index (χ2n) is 4.83. The molecule has 20 heavy (non-hydrogen) atoms. The molecule has 0 aliphatic heterocycles. The number of carbonyl (C=O) groups is 2. The molecule has 5 heteroatoms. The fourth-order valence-corrected chi connectivity index (χ4v) is 2.76. The Morgan fingerprint density at radius 1 is 1.20 bits per heavy atom. The summed E-state index contributed by atoms with van der Waals surface area (Å²) in [5.41, 5.74) is 2.13. The molecule has 0 N–H and O–H groups in total. The van der Waals surface area contributed by atoms with Crippen LogP contribution < -0.4 is 9.47 Å². The normalized spacial score (nSPS) is 17.4. The molecular weight excluding hydrogens is 260 g/mol. The lowest BCUT2D eigenvalue weighted by atomic mass is 9.81. The van der Waals surface area contributed by atoms with Crippen molar-refractivity contribution >= 4 is 11.8 Å². The van der Waals surface area contributed by atoms with E-state index in [-0.39, 0.29) is 18.2 Å². The molecule has 5 nitrogen and oxygen atoms in total. The van der Waals surface area contributed by atoms with Gasteiger partial charge in [-0.1, -0.05) is 0 Å². The van der Waals surface area contributed by atoms with Gasteiger partial charge in [-0.25, -0.2) is 0 Å². The van der Waals surface area contributed by atoms with Crippen LogP contribution >= 0.6 is 0 Å². The van der Waals surface area contributed by atoms with Crippen LogP contribution in [0, 0.1) is 12.8 Å². The highest BCUT2D eigenvalue weighted by atomic mass is 16.5. The molecule has 1 atom stereocenters. The number of hydrogen-bond donors (Lipinski definition) is 0. The van der Waals surface area contributed by atoms with E-state index >= 15 is 0 Å². The maximum absolute atomic E-state index is 12.3. The van der Waals surface area contributed by atoms with E-state index in [2.05, 4.69) is 0 Å². The van der Waals surface area contributed by atoms with E-state index in [9.17, 15) is 9.59 Å². The van der Waals surface area contributed by atoms with Gasteiger partial charge in [0.25, 0.3) is 0 Å². The minimum absolute atomic E-state index is 0.114. The standard InChI is InChI=1S/C15H18O5/c1-8-5-12(18-2)13-10(14(8)19-3)6-9(7-11(13)16)15(17)20-4/h5,9H,6-7H2,1-4H3. The van der Waals surface area contributed by atoms with Gasteiger partial charge < -0.3 is 14.2 Å². The predicted molar refractivity (Wildman–Crippen MR) is 72.4 cm³/mol. The van der Waals surface area contributed by atoms with Crippen LogP contribution in [0.3, 0.4) is 0 Å². The second-order valence-corrected chi connectivity index (χ2v) is 4.83. The number of rotatable bonds is 3. The first-order valence-corrected chi connectivity index (χ1v) is 6.38. The summed E-state index contributed by atoms with van der Waals surface area (Å²) in [6.07, 6.45) is 0.567. The summed E-state index contributed by atoms with van der Waals surface area (Å²) in [4.78, 5) is 24.0. The Labute approximate surface area is 117 Å². The highest BCUT2D eigenvalue weighted by Crippen LogP contribution is 2.40. The Morgan fingerprint density at radius 2 is 1.90 bits per heavy atom. The number of ether oxygens (including phenoxy) is 3. The van der Waals surface area contributed by atoms with E-state index in [0.717, 1.165) is 11.1 Å². The first-order valence-electron chi connectivity index (χ1n) is 6.38. The molecule has 1 unspecified atom stereocenters. The predicted octanol–water partition coefficient (Wildman–Crippen LogP) is 1.93. The van der Waals surface area contributed by atoms with Gasteiger partial charge in [0.15, 0.2) is 5.78 Å². The van der Waals surface area contributed by atoms with Crippen LogP contribution in [0.1, 0.15) is 27.9 Å². The molecule has 0 spiro atoms. The van der Waals surface area contributed by atoms with Crippen molar-refractivity contribution in [3.05, 3.63) is 22.8 Å². The molecule has 0 saturated heterocycles. The monoisotopic (exact) mass is 278 g/mol. The summed E-state index contributed by atoms with van der Waals surface area (Å²) >= 11 is 0. The number of ketones is 1. The van der Waals surface area contributed by atoms with Gasteiger partial charge in [0.2, 0.25) is 0 Å². The fraction of sp³-hybridized carbons (Fsp3) is 0.467. The highest BCUT2D eigenvalue weighted by Gasteiger charge is 2.35. The zero-order chi connectivity index (χ0) is 14.9. The number of fused-ring (bicyclic) bond motifs is 1. The molecule has 2 rings (SSSR count). The molecule has 0 radical (unpaired) electrons. The largest absolute Gasteiger partial charge is 0.496 e. The zero-order valence-corrected chi connectivity index (χ0v) is 12.1. The highest BCUT2D eigenvalue weighted by molar-refractivity contribution is 6.04. The van der Waals surface area contributed by atoms with Gasteiger partial charge >= 0.3 is 5.97 Å². The van der Waals surface area contributed by atoms with Gasteiger partial charge in [0.1, 0.15) is 11.5 Å². The lowest BCUT2D eigenvalue weighted by molar-refractivity contribution is -0.145. The first kappa shape index (κ1) is 14.4. The number of hydrogen-bond acceptors (Lipinski definition) is 5. The number of carbonyl (C=O) groups excluding carboxylic acids is 2. The second kappa shape index (κ2) is 5.53. The van der Waals surface area contributed by atoms with Crippen LogP contribution in [-0.4, -0.2) is 33.1 Å². The number of methoxy groups -OCH3 is 3. The third kappa shape index (κ3) is 2.24. The van der Waals surface area contributed by atoms with Crippen molar-refractivity contribution < 1.29 is 23.8 Å². The van der Waals surface area contributed by atoms with Gasteiger partial charge in [-0.15, -0.1) is 0 Å². The summed E-state index contributed by atoms with van der Waals surface area (Å²) in [6, 6.07) is 1.79. The minimum atomic E-state index is -0.458. The third-order valence-corrected chi connectivity index (χ3v) is 3.65. The van der Waals surface area contributed by atoms with Gasteiger partial charge in [0.05, 0.1) is 32.8 Å². The smallest absolute Gasteiger partial charge is 0.309 e.